The highest BCUT2D eigenvalue weighted by molar-refractivity contribution is 6.42. The van der Waals surface area contributed by atoms with Crippen molar-refractivity contribution in [3.05, 3.63) is 57.1 Å². The Bertz CT molecular complexity index is 1030. The summed E-state index contributed by atoms with van der Waals surface area (Å²) in [6.07, 6.45) is 4.25. The lowest BCUT2D eigenvalue weighted by Gasteiger charge is -2.39. The molecular formula is C27H34Cl2N2O4. The lowest BCUT2D eigenvalue weighted by atomic mass is 9.95. The summed E-state index contributed by atoms with van der Waals surface area (Å²) in [5.41, 5.74) is 3.81. The third-order valence-electron chi connectivity index (χ3n) is 7.27. The van der Waals surface area contributed by atoms with E-state index in [2.05, 4.69) is 36.2 Å². The van der Waals surface area contributed by atoms with E-state index in [-0.39, 0.29) is 18.6 Å². The molecule has 2 unspecified atom stereocenters. The molecule has 4 rings (SSSR count). The van der Waals surface area contributed by atoms with E-state index in [1.807, 2.05) is 0 Å². The monoisotopic (exact) mass is 520 g/mol. The molecule has 0 radical (unpaired) electrons. The molecule has 2 aromatic carbocycles. The Morgan fingerprint density at radius 3 is 2.46 bits per heavy atom. The van der Waals surface area contributed by atoms with E-state index in [0.29, 0.717) is 41.1 Å². The van der Waals surface area contributed by atoms with Crippen LogP contribution in [-0.2, 0) is 16.1 Å². The zero-order valence-electron chi connectivity index (χ0n) is 20.6. The predicted molar refractivity (Wildman–Crippen MR) is 139 cm³/mol. The number of amides is 1. The highest BCUT2D eigenvalue weighted by Crippen LogP contribution is 2.38. The minimum absolute atomic E-state index is 0.0765. The lowest BCUT2D eigenvalue weighted by Crippen LogP contribution is -2.50. The average Bonchev–Trinajstić information content (AvgIpc) is 3.06. The summed E-state index contributed by atoms with van der Waals surface area (Å²) >= 11 is 12.2. The van der Waals surface area contributed by atoms with Crippen molar-refractivity contribution < 1.29 is 19.0 Å². The van der Waals surface area contributed by atoms with Crippen molar-refractivity contribution in [2.24, 2.45) is 0 Å². The smallest absolute Gasteiger partial charge is 0.258 e. The molecule has 1 N–H and O–H groups in total. The number of halogens is 2. The normalized spacial score (nSPS) is 21.7. The third-order valence-corrected chi connectivity index (χ3v) is 8.07. The number of benzene rings is 2. The number of nitrogens with zero attached hydrogens (tertiary/aromatic N) is 1. The number of methoxy groups -OCH3 is 1. The molecule has 190 valence electrons. The fraction of sp³-hybridized carbons (Fsp3) is 0.519. The van der Waals surface area contributed by atoms with Crippen LogP contribution in [0.25, 0.3) is 0 Å². The van der Waals surface area contributed by atoms with Crippen LogP contribution >= 0.6 is 23.2 Å². The Kier molecular flexibility index (Phi) is 8.82. The van der Waals surface area contributed by atoms with Crippen LogP contribution in [0.3, 0.4) is 0 Å². The van der Waals surface area contributed by atoms with Crippen LogP contribution in [0.2, 0.25) is 10.0 Å². The first kappa shape index (κ1) is 26.1. The zero-order chi connectivity index (χ0) is 24.9. The summed E-state index contributed by atoms with van der Waals surface area (Å²) in [5, 5.41) is 3.90. The Morgan fingerprint density at radius 1 is 1.00 bits per heavy atom. The molecule has 2 heterocycles. The molecule has 1 amide bonds. The van der Waals surface area contributed by atoms with Gasteiger partial charge >= 0.3 is 0 Å². The summed E-state index contributed by atoms with van der Waals surface area (Å²) in [7, 11) is 1.68. The van der Waals surface area contributed by atoms with Gasteiger partial charge in [-0.1, -0.05) is 35.3 Å². The largest absolute Gasteiger partial charge is 0.491 e. The van der Waals surface area contributed by atoms with E-state index in [4.69, 9.17) is 37.4 Å². The van der Waals surface area contributed by atoms with Crippen molar-refractivity contribution in [1.82, 2.24) is 10.2 Å². The highest BCUT2D eigenvalue weighted by atomic mass is 35.5. The maximum Gasteiger partial charge on any atom is 0.258 e. The number of hydrogen-bond donors (Lipinski definition) is 1. The molecule has 2 fully saturated rings. The molecule has 0 saturated carbocycles. The fourth-order valence-corrected chi connectivity index (χ4v) is 5.62. The van der Waals surface area contributed by atoms with Crippen LogP contribution in [0.4, 0.5) is 0 Å². The number of rotatable bonds is 10. The minimum Gasteiger partial charge on any atom is -0.491 e. The van der Waals surface area contributed by atoms with Gasteiger partial charge in [-0.2, -0.15) is 0 Å². The molecule has 0 aliphatic carbocycles. The lowest BCUT2D eigenvalue weighted by molar-refractivity contribution is -0.124. The van der Waals surface area contributed by atoms with Crippen molar-refractivity contribution in [2.75, 3.05) is 26.9 Å². The van der Waals surface area contributed by atoms with Gasteiger partial charge in [-0.05, 0) is 74.4 Å². The SMILES string of the molecule is COCCOc1ccc(CN2C3CCC2CC(NC(=O)COc2cccc(Cl)c2Cl)C3)c(C)c1C. The standard InChI is InChI=1S/C27H34Cl2N2O4/c1-17-18(2)24(34-12-11-33-3)10-7-19(17)15-31-21-8-9-22(31)14-20(13-21)30-26(32)16-35-25-6-4-5-23(28)27(25)29/h4-7,10,20-22H,8-9,11-16H2,1-3H3,(H,30,32). The van der Waals surface area contributed by atoms with Crippen LogP contribution in [-0.4, -0.2) is 55.9 Å². The number of ether oxygens (including phenoxy) is 3. The van der Waals surface area contributed by atoms with Gasteiger partial charge in [0.25, 0.3) is 5.91 Å². The molecule has 2 aromatic rings. The van der Waals surface area contributed by atoms with Gasteiger partial charge in [0.2, 0.25) is 0 Å². The van der Waals surface area contributed by atoms with Crippen molar-refractivity contribution in [1.29, 1.82) is 0 Å². The quantitative estimate of drug-likeness (QED) is 0.429. The molecule has 2 aliphatic heterocycles. The molecule has 2 atom stereocenters. The molecular weight excluding hydrogens is 487 g/mol. The van der Waals surface area contributed by atoms with E-state index in [0.717, 1.165) is 25.1 Å². The number of hydrogen-bond acceptors (Lipinski definition) is 5. The molecule has 0 aromatic heterocycles. The summed E-state index contributed by atoms with van der Waals surface area (Å²) in [6, 6.07) is 10.5. The Hall–Kier alpha value is -1.99. The third kappa shape index (κ3) is 6.23. The second-order valence-electron chi connectivity index (χ2n) is 9.45. The van der Waals surface area contributed by atoms with Gasteiger partial charge in [-0.3, -0.25) is 9.69 Å². The summed E-state index contributed by atoms with van der Waals surface area (Å²) in [4.78, 5) is 15.2. The summed E-state index contributed by atoms with van der Waals surface area (Å²) < 4.78 is 16.6. The van der Waals surface area contributed by atoms with Crippen LogP contribution in [0, 0.1) is 13.8 Å². The van der Waals surface area contributed by atoms with Gasteiger partial charge in [0.05, 0.1) is 11.6 Å². The topological polar surface area (TPSA) is 60.0 Å². The number of carbonyl (C=O) groups excluding carboxylic acids is 1. The maximum absolute atomic E-state index is 12.5. The number of nitrogens with one attached hydrogen (secondary N) is 1. The van der Waals surface area contributed by atoms with Gasteiger partial charge in [0.15, 0.2) is 6.61 Å². The first-order chi connectivity index (χ1) is 16.9. The van der Waals surface area contributed by atoms with E-state index >= 15 is 0 Å². The van der Waals surface area contributed by atoms with Crippen molar-refractivity contribution >= 4 is 29.1 Å². The molecule has 2 saturated heterocycles. The molecule has 2 aliphatic rings. The second kappa shape index (κ2) is 11.8. The van der Waals surface area contributed by atoms with Gasteiger partial charge in [-0.25, -0.2) is 0 Å². The Morgan fingerprint density at radius 2 is 1.74 bits per heavy atom. The van der Waals surface area contributed by atoms with E-state index in [1.165, 1.54) is 29.5 Å². The molecule has 35 heavy (non-hydrogen) atoms. The summed E-state index contributed by atoms with van der Waals surface area (Å²) in [5.74, 6) is 1.22. The number of carbonyl (C=O) groups is 1. The van der Waals surface area contributed by atoms with Gasteiger partial charge < -0.3 is 19.5 Å². The van der Waals surface area contributed by atoms with Crippen LogP contribution in [0.15, 0.2) is 30.3 Å². The van der Waals surface area contributed by atoms with Crippen LogP contribution in [0.5, 0.6) is 11.5 Å². The first-order valence-electron chi connectivity index (χ1n) is 12.2. The first-order valence-corrected chi connectivity index (χ1v) is 13.0. The van der Waals surface area contributed by atoms with Crippen LogP contribution in [0.1, 0.15) is 42.4 Å². The predicted octanol–water partition coefficient (Wildman–Crippen LogP) is 5.33. The van der Waals surface area contributed by atoms with Crippen molar-refractivity contribution in [2.45, 2.75) is 64.2 Å². The van der Waals surface area contributed by atoms with Crippen LogP contribution < -0.4 is 14.8 Å². The molecule has 6 nitrogen and oxygen atoms in total. The Balaban J connectivity index is 1.31. The van der Waals surface area contributed by atoms with Crippen molar-refractivity contribution in [3.8, 4) is 11.5 Å². The van der Waals surface area contributed by atoms with Gasteiger partial charge in [0, 0.05) is 31.8 Å². The van der Waals surface area contributed by atoms with Gasteiger partial charge in [0.1, 0.15) is 23.1 Å². The molecule has 2 bridgehead atoms. The highest BCUT2D eigenvalue weighted by Gasteiger charge is 2.41. The second-order valence-corrected chi connectivity index (χ2v) is 10.2. The minimum atomic E-state index is -0.130. The van der Waals surface area contributed by atoms with Crippen molar-refractivity contribution in [3.63, 3.8) is 0 Å². The van der Waals surface area contributed by atoms with Gasteiger partial charge in [-0.15, -0.1) is 0 Å². The number of fused-ring (bicyclic) bond motifs is 2. The molecule has 8 heteroatoms. The zero-order valence-corrected chi connectivity index (χ0v) is 22.1. The van der Waals surface area contributed by atoms with E-state index in [9.17, 15) is 4.79 Å². The Labute approximate surface area is 217 Å². The molecule has 0 spiro atoms. The van der Waals surface area contributed by atoms with E-state index < -0.39 is 0 Å². The average molecular weight is 521 g/mol. The maximum atomic E-state index is 12.5. The number of piperidine rings is 1. The van der Waals surface area contributed by atoms with E-state index in [1.54, 1.807) is 25.3 Å². The summed E-state index contributed by atoms with van der Waals surface area (Å²) in [6.45, 7) is 6.28. The fourth-order valence-electron chi connectivity index (χ4n) is 5.27.